The van der Waals surface area contributed by atoms with Gasteiger partial charge < -0.3 is 9.80 Å². The molecule has 3 heteroatoms. The molecule has 2 unspecified atom stereocenters. The number of allylic oxidation sites excluding steroid dienone is 1. The van der Waals surface area contributed by atoms with E-state index in [1.165, 1.54) is 165 Å². The molecule has 0 spiro atoms. The highest BCUT2D eigenvalue weighted by Crippen LogP contribution is 2.66. The molecule has 9 aromatic rings. The molecule has 4 aliphatic carbocycles. The summed E-state index contributed by atoms with van der Waals surface area (Å²) in [6.45, 7) is 36.4. The first-order valence-corrected chi connectivity index (χ1v) is 31.8. The molecule has 0 saturated heterocycles. The maximum atomic E-state index is 2.73. The Morgan fingerprint density at radius 3 is 1.65 bits per heavy atom. The summed E-state index contributed by atoms with van der Waals surface area (Å²) < 4.78 is 0. The predicted octanol–water partition coefficient (Wildman–Crippen LogP) is 20.0. The van der Waals surface area contributed by atoms with E-state index in [0.717, 1.165) is 0 Å². The van der Waals surface area contributed by atoms with Crippen molar-refractivity contribution in [3.05, 3.63) is 243 Å². The molecule has 1 saturated carbocycles. The van der Waals surface area contributed by atoms with Crippen LogP contribution in [0.15, 0.2) is 176 Å². The van der Waals surface area contributed by atoms with Crippen molar-refractivity contribution in [3.8, 4) is 22.3 Å². The molecular weight excluding hydrogens is 1020 g/mol. The lowest BCUT2D eigenvalue weighted by Crippen LogP contribution is -2.62. The summed E-state index contributed by atoms with van der Waals surface area (Å²) in [6, 6.07) is 69.8. The summed E-state index contributed by atoms with van der Waals surface area (Å²) in [5.74, 6) is 0. The second-order valence-electron chi connectivity index (χ2n) is 30.5. The highest BCUT2D eigenvalue weighted by Gasteiger charge is 2.56. The van der Waals surface area contributed by atoms with Gasteiger partial charge in [-0.2, -0.15) is 0 Å². The summed E-state index contributed by atoms with van der Waals surface area (Å²) in [6.07, 6.45) is 7.57. The van der Waals surface area contributed by atoms with E-state index in [1.807, 2.05) is 0 Å². The predicted molar refractivity (Wildman–Crippen MR) is 365 cm³/mol. The molecule has 85 heavy (non-hydrogen) atoms. The van der Waals surface area contributed by atoms with Crippen molar-refractivity contribution in [2.24, 2.45) is 5.41 Å². The Hall–Kier alpha value is -7.62. The van der Waals surface area contributed by atoms with E-state index < -0.39 is 0 Å². The molecule has 6 aliphatic rings. The summed E-state index contributed by atoms with van der Waals surface area (Å²) >= 11 is 0. The van der Waals surface area contributed by atoms with E-state index in [1.54, 1.807) is 5.56 Å². The fourth-order valence-electron chi connectivity index (χ4n) is 17.4. The van der Waals surface area contributed by atoms with Crippen molar-refractivity contribution in [1.29, 1.82) is 0 Å². The topological polar surface area (TPSA) is 6.48 Å². The van der Waals surface area contributed by atoms with Crippen LogP contribution in [0.4, 0.5) is 34.1 Å². The van der Waals surface area contributed by atoms with Crippen LogP contribution >= 0.6 is 0 Å². The van der Waals surface area contributed by atoms with Crippen LogP contribution in [0.25, 0.3) is 33.9 Å². The van der Waals surface area contributed by atoms with E-state index >= 15 is 0 Å². The summed E-state index contributed by atoms with van der Waals surface area (Å²) in [7, 11) is 0. The Morgan fingerprint density at radius 2 is 0.965 bits per heavy atom. The Bertz CT molecular complexity index is 4360. The van der Waals surface area contributed by atoms with Gasteiger partial charge in [0, 0.05) is 61.0 Å². The maximum absolute atomic E-state index is 2.73. The standard InChI is InChI=1S/C82H83BN2/c1-50-42-72-75-73(43-50)85(69-33-25-32-61-74(69)56-28-19-20-29-58(56)78(61,8)9)70-45-51(44-62-55-37-35-54(77(5,6)7)47-63(55)82(15)41-24-23-40-81(62,82)14)34-38-66(70)83(75)67-48-64-65(80(12,13)60-31-22-21-30-59(60)79(64,10)11)49-71(67)84(72)68-39-36-53(76(2,3)4)46-57(68)52-26-17-16-18-27-52/h16-22,25-39,42-49H,23-24,40-41H2,1-15H3/b62-44+. The number of rotatable bonds is 4. The number of anilines is 6. The van der Waals surface area contributed by atoms with Crippen LogP contribution in [0.2, 0.25) is 0 Å². The van der Waals surface area contributed by atoms with Crippen LogP contribution in [0.3, 0.4) is 0 Å². The average Bonchev–Trinajstić information content (AvgIpc) is 1.54. The molecule has 0 N–H and O–H groups in total. The first kappa shape index (κ1) is 54.1. The van der Waals surface area contributed by atoms with E-state index in [-0.39, 0.29) is 44.6 Å². The van der Waals surface area contributed by atoms with Gasteiger partial charge in [0.2, 0.25) is 0 Å². The van der Waals surface area contributed by atoms with Crippen molar-refractivity contribution in [2.75, 3.05) is 9.80 Å². The van der Waals surface area contributed by atoms with E-state index in [0.29, 0.717) is 0 Å². The van der Waals surface area contributed by atoms with Crippen LogP contribution < -0.4 is 26.2 Å². The highest BCUT2D eigenvalue weighted by molar-refractivity contribution is 7.00. The minimum atomic E-state index is -0.252. The first-order valence-electron chi connectivity index (χ1n) is 31.8. The third-order valence-corrected chi connectivity index (χ3v) is 22.5. The number of nitrogens with zero attached hydrogens (tertiary/aromatic N) is 2. The van der Waals surface area contributed by atoms with Gasteiger partial charge in [0.25, 0.3) is 6.71 Å². The van der Waals surface area contributed by atoms with E-state index in [4.69, 9.17) is 0 Å². The quantitative estimate of drug-likeness (QED) is 0.162. The third-order valence-electron chi connectivity index (χ3n) is 22.5. The Morgan fingerprint density at radius 1 is 0.400 bits per heavy atom. The van der Waals surface area contributed by atoms with Crippen molar-refractivity contribution in [1.82, 2.24) is 0 Å². The molecule has 0 radical (unpaired) electrons. The molecule has 0 aromatic heterocycles. The minimum absolute atomic E-state index is 0.00157. The Kier molecular flexibility index (Phi) is 11.4. The van der Waals surface area contributed by atoms with Gasteiger partial charge in [-0.25, -0.2) is 0 Å². The smallest absolute Gasteiger partial charge is 0.252 e. The molecule has 1 fully saturated rings. The molecule has 9 aromatic carbocycles. The number of benzene rings is 9. The molecule has 424 valence electrons. The molecule has 2 heterocycles. The van der Waals surface area contributed by atoms with Gasteiger partial charge in [0.15, 0.2) is 0 Å². The van der Waals surface area contributed by atoms with Crippen LogP contribution in [-0.4, -0.2) is 6.71 Å². The number of hydrogen-bond donors (Lipinski definition) is 0. The Labute approximate surface area is 508 Å². The molecule has 2 atom stereocenters. The van der Waals surface area contributed by atoms with Gasteiger partial charge in [-0.15, -0.1) is 0 Å². The number of aryl methyl sites for hydroxylation is 1. The zero-order chi connectivity index (χ0) is 59.3. The third kappa shape index (κ3) is 7.50. The van der Waals surface area contributed by atoms with Gasteiger partial charge in [-0.3, -0.25) is 0 Å². The van der Waals surface area contributed by atoms with E-state index in [9.17, 15) is 0 Å². The van der Waals surface area contributed by atoms with Crippen LogP contribution in [0.5, 0.6) is 0 Å². The monoisotopic (exact) mass is 1110 g/mol. The average molecular weight is 1110 g/mol. The largest absolute Gasteiger partial charge is 0.311 e. The lowest BCUT2D eigenvalue weighted by atomic mass is 9.33. The zero-order valence-corrected chi connectivity index (χ0v) is 53.1. The lowest BCUT2D eigenvalue weighted by Gasteiger charge is -2.48. The second kappa shape index (κ2) is 18.0. The van der Waals surface area contributed by atoms with Gasteiger partial charge in [-0.1, -0.05) is 249 Å². The zero-order valence-electron chi connectivity index (χ0n) is 53.1. The number of hydrogen-bond acceptors (Lipinski definition) is 2. The lowest BCUT2D eigenvalue weighted by molar-refractivity contribution is 0.165. The molecular formula is C82H83BN2. The van der Waals surface area contributed by atoms with Crippen molar-refractivity contribution in [2.45, 2.75) is 162 Å². The molecule has 2 aliphatic heterocycles. The fourth-order valence-corrected chi connectivity index (χ4v) is 17.4. The summed E-state index contributed by atoms with van der Waals surface area (Å²) in [5.41, 5.74) is 34.2. The second-order valence-corrected chi connectivity index (χ2v) is 30.5. The minimum Gasteiger partial charge on any atom is -0.311 e. The summed E-state index contributed by atoms with van der Waals surface area (Å²) in [5, 5.41) is 0. The van der Waals surface area contributed by atoms with Gasteiger partial charge >= 0.3 is 0 Å². The SMILES string of the molecule is Cc1cc2c3c(c1)N(c1cccc4c1-c1ccccc1C4(C)C)c1cc(/C=C4\c5ccc(C(C)(C)C)cc5C5(C)CCCCC45C)ccc1B3c1cc3c(cc1N2c1ccc(C(C)(C)C)cc1-c1ccccc1)C(C)(C)c1ccccc1C3(C)C. The first-order chi connectivity index (χ1) is 40.3. The van der Waals surface area contributed by atoms with Crippen molar-refractivity contribution < 1.29 is 0 Å². The van der Waals surface area contributed by atoms with E-state index in [2.05, 4.69) is 296 Å². The highest BCUT2D eigenvalue weighted by atomic mass is 15.2. The van der Waals surface area contributed by atoms with Gasteiger partial charge in [-0.05, 0) is 173 Å². The van der Waals surface area contributed by atoms with Crippen LogP contribution in [-0.2, 0) is 32.5 Å². The molecule has 2 nitrogen and oxygen atoms in total. The molecule has 15 rings (SSSR count). The van der Waals surface area contributed by atoms with Gasteiger partial charge in [0.05, 0.1) is 11.4 Å². The molecule has 0 amide bonds. The fraction of sp³-hybridized carbons (Fsp3) is 0.317. The molecule has 0 bridgehead atoms. The normalized spacial score (nSPS) is 21.0. The van der Waals surface area contributed by atoms with Crippen LogP contribution in [0, 0.1) is 12.3 Å². The van der Waals surface area contributed by atoms with Crippen LogP contribution in [0.1, 0.15) is 189 Å². The maximum Gasteiger partial charge on any atom is 0.252 e. The summed E-state index contributed by atoms with van der Waals surface area (Å²) in [4.78, 5) is 5.43. The van der Waals surface area contributed by atoms with Crippen molar-refractivity contribution >= 4 is 68.9 Å². The van der Waals surface area contributed by atoms with Gasteiger partial charge in [0.1, 0.15) is 0 Å². The van der Waals surface area contributed by atoms with Crippen molar-refractivity contribution in [3.63, 3.8) is 0 Å². The number of fused-ring (bicyclic) bond motifs is 12. The Balaban J connectivity index is 1.05.